The molecule has 108 valence electrons. The highest BCUT2D eigenvalue weighted by atomic mass is 19.1. The highest BCUT2D eigenvalue weighted by Crippen LogP contribution is 2.20. The second-order valence-electron chi connectivity index (χ2n) is 5.24. The third-order valence-electron chi connectivity index (χ3n) is 2.96. The average molecular weight is 286 g/mol. The first kappa shape index (κ1) is 14.7. The Morgan fingerprint density at radius 3 is 2.57 bits per heavy atom. The van der Waals surface area contributed by atoms with Gasteiger partial charge in [-0.3, -0.25) is 9.48 Å². The van der Waals surface area contributed by atoms with E-state index in [0.717, 1.165) is 5.56 Å². The molecule has 0 bridgehead atoms. The van der Waals surface area contributed by atoms with Crippen LogP contribution in [-0.2, 0) is 7.05 Å². The number of nitriles is 1. The minimum absolute atomic E-state index is 0.208. The molecule has 0 unspecified atom stereocenters. The molecule has 0 aliphatic carbocycles. The molecule has 0 saturated carbocycles. The number of amides is 1. The quantitative estimate of drug-likeness (QED) is 0.940. The Bertz CT molecular complexity index is 710. The molecule has 0 spiro atoms. The van der Waals surface area contributed by atoms with Crippen molar-refractivity contribution in [1.82, 2.24) is 15.1 Å². The largest absolute Gasteiger partial charge is 0.333 e. The minimum atomic E-state index is -0.968. The van der Waals surface area contributed by atoms with Crippen molar-refractivity contribution in [2.24, 2.45) is 7.05 Å². The number of benzene rings is 1. The molecule has 1 aromatic carbocycles. The molecular formula is C15H15FN4O. The van der Waals surface area contributed by atoms with E-state index in [1.54, 1.807) is 43.8 Å². The van der Waals surface area contributed by atoms with Gasteiger partial charge in [0.05, 0.1) is 11.8 Å². The minimum Gasteiger partial charge on any atom is -0.333 e. The highest BCUT2D eigenvalue weighted by molar-refractivity contribution is 5.94. The molecule has 6 heteroatoms. The second kappa shape index (κ2) is 5.37. The number of rotatable bonds is 3. The first-order valence-corrected chi connectivity index (χ1v) is 6.36. The molecular weight excluding hydrogens is 271 g/mol. The summed E-state index contributed by atoms with van der Waals surface area (Å²) in [6.45, 7) is 3.21. The summed E-state index contributed by atoms with van der Waals surface area (Å²) in [7, 11) is 1.70. The lowest BCUT2D eigenvalue weighted by Crippen LogP contribution is -2.42. The van der Waals surface area contributed by atoms with Crippen LogP contribution in [-0.4, -0.2) is 21.2 Å². The molecule has 1 heterocycles. The summed E-state index contributed by atoms with van der Waals surface area (Å²) < 4.78 is 14.5. The Balaban J connectivity index is 2.29. The SMILES string of the molecule is Cn1nc(C(=O)NC(C)(C)C#N)cc1-c1ccc(F)cc1. The smallest absolute Gasteiger partial charge is 0.273 e. The maximum Gasteiger partial charge on any atom is 0.273 e. The number of hydrogen-bond donors (Lipinski definition) is 1. The summed E-state index contributed by atoms with van der Waals surface area (Å²) in [5.41, 5.74) is 0.685. The zero-order valence-corrected chi connectivity index (χ0v) is 12.0. The molecule has 2 rings (SSSR count). The lowest BCUT2D eigenvalue weighted by Gasteiger charge is -2.16. The van der Waals surface area contributed by atoms with Gasteiger partial charge < -0.3 is 5.32 Å². The standard InChI is InChI=1S/C15H15FN4O/c1-15(2,9-17)18-14(21)12-8-13(20(3)19-12)10-4-6-11(16)7-5-10/h4-8H,1-3H3,(H,18,21). The first-order valence-electron chi connectivity index (χ1n) is 6.36. The molecule has 0 atom stereocenters. The van der Waals surface area contributed by atoms with Gasteiger partial charge in [-0.25, -0.2) is 4.39 Å². The van der Waals surface area contributed by atoms with Crippen LogP contribution in [0, 0.1) is 17.1 Å². The van der Waals surface area contributed by atoms with Crippen molar-refractivity contribution < 1.29 is 9.18 Å². The van der Waals surface area contributed by atoms with E-state index in [2.05, 4.69) is 10.4 Å². The molecule has 5 nitrogen and oxygen atoms in total. The van der Waals surface area contributed by atoms with E-state index in [1.165, 1.54) is 12.1 Å². The fourth-order valence-electron chi connectivity index (χ4n) is 1.84. The molecule has 21 heavy (non-hydrogen) atoms. The summed E-state index contributed by atoms with van der Waals surface area (Å²) in [6.07, 6.45) is 0. The lowest BCUT2D eigenvalue weighted by molar-refractivity contribution is 0.0923. The van der Waals surface area contributed by atoms with Crippen LogP contribution in [0.1, 0.15) is 24.3 Å². The van der Waals surface area contributed by atoms with E-state index < -0.39 is 11.4 Å². The Kier molecular flexibility index (Phi) is 3.76. The normalized spacial score (nSPS) is 11.0. The van der Waals surface area contributed by atoms with Gasteiger partial charge in [-0.2, -0.15) is 10.4 Å². The van der Waals surface area contributed by atoms with Crippen molar-refractivity contribution in [3.63, 3.8) is 0 Å². The Hall–Kier alpha value is -2.68. The molecule has 1 aromatic heterocycles. The van der Waals surface area contributed by atoms with Crippen molar-refractivity contribution >= 4 is 5.91 Å². The van der Waals surface area contributed by atoms with Crippen LogP contribution < -0.4 is 5.32 Å². The number of nitrogens with zero attached hydrogens (tertiary/aromatic N) is 3. The fraction of sp³-hybridized carbons (Fsp3) is 0.267. The van der Waals surface area contributed by atoms with Gasteiger partial charge in [0.25, 0.3) is 5.91 Å². The highest BCUT2D eigenvalue weighted by Gasteiger charge is 2.22. The van der Waals surface area contributed by atoms with E-state index in [9.17, 15) is 9.18 Å². The molecule has 0 radical (unpaired) electrons. The summed E-state index contributed by atoms with van der Waals surface area (Å²) >= 11 is 0. The van der Waals surface area contributed by atoms with Gasteiger partial charge in [0.15, 0.2) is 5.69 Å². The Morgan fingerprint density at radius 2 is 2.00 bits per heavy atom. The Morgan fingerprint density at radius 1 is 1.38 bits per heavy atom. The maximum absolute atomic E-state index is 12.9. The van der Waals surface area contributed by atoms with Crippen LogP contribution in [0.4, 0.5) is 4.39 Å². The van der Waals surface area contributed by atoms with Crippen molar-refractivity contribution in [3.8, 4) is 17.3 Å². The van der Waals surface area contributed by atoms with Gasteiger partial charge in [-0.15, -0.1) is 0 Å². The number of aromatic nitrogens is 2. The van der Waals surface area contributed by atoms with Crippen molar-refractivity contribution in [2.75, 3.05) is 0 Å². The zero-order chi connectivity index (χ0) is 15.6. The summed E-state index contributed by atoms with van der Waals surface area (Å²) in [6, 6.07) is 9.53. The van der Waals surface area contributed by atoms with Crippen LogP contribution in [0.25, 0.3) is 11.3 Å². The van der Waals surface area contributed by atoms with E-state index in [-0.39, 0.29) is 11.5 Å². The van der Waals surface area contributed by atoms with Gasteiger partial charge in [0.2, 0.25) is 0 Å². The molecule has 0 aliphatic heterocycles. The van der Waals surface area contributed by atoms with E-state index in [4.69, 9.17) is 5.26 Å². The Labute approximate surface area is 122 Å². The van der Waals surface area contributed by atoms with Crippen molar-refractivity contribution in [2.45, 2.75) is 19.4 Å². The zero-order valence-electron chi connectivity index (χ0n) is 12.0. The van der Waals surface area contributed by atoms with Gasteiger partial charge in [0, 0.05) is 7.05 Å². The van der Waals surface area contributed by atoms with Gasteiger partial charge in [-0.05, 0) is 49.7 Å². The molecule has 1 N–H and O–H groups in total. The van der Waals surface area contributed by atoms with E-state index in [0.29, 0.717) is 5.69 Å². The van der Waals surface area contributed by atoms with Crippen LogP contribution in [0.5, 0.6) is 0 Å². The van der Waals surface area contributed by atoms with E-state index in [1.807, 2.05) is 6.07 Å². The number of aryl methyl sites for hydroxylation is 1. The average Bonchev–Trinajstić information content (AvgIpc) is 2.81. The summed E-state index contributed by atoms with van der Waals surface area (Å²) in [5.74, 6) is -0.750. The first-order chi connectivity index (χ1) is 9.82. The number of carbonyl (C=O) groups is 1. The number of nitrogens with one attached hydrogen (secondary N) is 1. The van der Waals surface area contributed by atoms with Gasteiger partial charge in [0.1, 0.15) is 11.4 Å². The molecule has 0 aliphatic rings. The van der Waals surface area contributed by atoms with Crippen molar-refractivity contribution in [3.05, 3.63) is 41.8 Å². The van der Waals surface area contributed by atoms with E-state index >= 15 is 0 Å². The maximum atomic E-state index is 12.9. The number of halogens is 1. The molecule has 0 saturated heterocycles. The van der Waals surface area contributed by atoms with Crippen LogP contribution in [0.15, 0.2) is 30.3 Å². The third kappa shape index (κ3) is 3.26. The third-order valence-corrected chi connectivity index (χ3v) is 2.96. The van der Waals surface area contributed by atoms with Crippen LogP contribution in [0.2, 0.25) is 0 Å². The van der Waals surface area contributed by atoms with Crippen molar-refractivity contribution in [1.29, 1.82) is 5.26 Å². The predicted octanol–water partition coefficient (Wildman–Crippen LogP) is 2.26. The van der Waals surface area contributed by atoms with Crippen LogP contribution in [0.3, 0.4) is 0 Å². The second-order valence-corrected chi connectivity index (χ2v) is 5.24. The van der Waals surface area contributed by atoms with Crippen LogP contribution >= 0.6 is 0 Å². The molecule has 2 aromatic rings. The molecule has 0 fully saturated rings. The predicted molar refractivity (Wildman–Crippen MR) is 75.8 cm³/mol. The monoisotopic (exact) mass is 286 g/mol. The van der Waals surface area contributed by atoms with Gasteiger partial charge >= 0.3 is 0 Å². The summed E-state index contributed by atoms with van der Waals surface area (Å²) in [5, 5.41) is 15.6. The fourth-order valence-corrected chi connectivity index (χ4v) is 1.84. The number of hydrogen-bond acceptors (Lipinski definition) is 3. The lowest BCUT2D eigenvalue weighted by atomic mass is 10.1. The number of carbonyl (C=O) groups excluding carboxylic acids is 1. The summed E-state index contributed by atoms with van der Waals surface area (Å²) in [4.78, 5) is 12.1. The van der Waals surface area contributed by atoms with Gasteiger partial charge in [-0.1, -0.05) is 0 Å². The topological polar surface area (TPSA) is 70.7 Å². The molecule has 1 amide bonds.